The average Bonchev–Trinajstić information content (AvgIpc) is 3.21. The summed E-state index contributed by atoms with van der Waals surface area (Å²) in [6, 6.07) is 11.8. The Morgan fingerprint density at radius 3 is 3.00 bits per heavy atom. The zero-order valence-corrected chi connectivity index (χ0v) is 15.8. The van der Waals surface area contributed by atoms with E-state index in [1.54, 1.807) is 11.3 Å². The summed E-state index contributed by atoms with van der Waals surface area (Å²) in [6.07, 6.45) is 2.43. The predicted molar refractivity (Wildman–Crippen MR) is 101 cm³/mol. The minimum atomic E-state index is 0.00246. The first-order valence-corrected chi connectivity index (χ1v) is 9.78. The summed E-state index contributed by atoms with van der Waals surface area (Å²) >= 11 is 5.15. The van der Waals surface area contributed by atoms with Crippen LogP contribution in [0.3, 0.4) is 0 Å². The molecule has 6 heteroatoms. The zero-order valence-electron chi connectivity index (χ0n) is 13.4. The molecule has 0 bridgehead atoms. The van der Waals surface area contributed by atoms with Crippen molar-refractivity contribution in [3.63, 3.8) is 0 Å². The third-order valence-corrected chi connectivity index (χ3v) is 5.28. The molecule has 2 heterocycles. The van der Waals surface area contributed by atoms with Crippen LogP contribution in [0.15, 0.2) is 46.3 Å². The molecule has 1 saturated heterocycles. The smallest absolute Gasteiger partial charge is 0.238 e. The van der Waals surface area contributed by atoms with Crippen LogP contribution in [0.4, 0.5) is 5.69 Å². The first-order valence-electron chi connectivity index (χ1n) is 8.11. The topological polar surface area (TPSA) is 41.6 Å². The predicted octanol–water partition coefficient (Wildman–Crippen LogP) is 4.13. The lowest BCUT2D eigenvalue weighted by Gasteiger charge is -2.24. The van der Waals surface area contributed by atoms with Crippen LogP contribution in [-0.4, -0.2) is 36.6 Å². The van der Waals surface area contributed by atoms with Gasteiger partial charge >= 0.3 is 0 Å². The first-order chi connectivity index (χ1) is 11.7. The van der Waals surface area contributed by atoms with Crippen molar-refractivity contribution in [2.45, 2.75) is 25.5 Å². The second-order valence-electron chi connectivity index (χ2n) is 5.94. The number of hydrogen-bond acceptors (Lipinski definition) is 4. The van der Waals surface area contributed by atoms with Gasteiger partial charge in [-0.05, 0) is 42.5 Å². The third-order valence-electron chi connectivity index (χ3n) is 3.92. The molecule has 3 rings (SSSR count). The number of nitrogens with zero attached hydrogens (tertiary/aromatic N) is 1. The molecule has 2 aromatic rings. The van der Waals surface area contributed by atoms with E-state index in [1.807, 2.05) is 30.3 Å². The summed E-state index contributed by atoms with van der Waals surface area (Å²) in [5, 5.41) is 5.04. The van der Waals surface area contributed by atoms with E-state index < -0.39 is 0 Å². The fraction of sp³-hybridized carbons (Fsp3) is 0.389. The van der Waals surface area contributed by atoms with Crippen molar-refractivity contribution in [2.24, 2.45) is 0 Å². The van der Waals surface area contributed by atoms with E-state index in [0.29, 0.717) is 6.54 Å². The molecule has 0 radical (unpaired) electrons. The maximum Gasteiger partial charge on any atom is 0.238 e. The van der Waals surface area contributed by atoms with Gasteiger partial charge in [0.2, 0.25) is 5.91 Å². The average molecular weight is 409 g/mol. The molecule has 24 heavy (non-hydrogen) atoms. The van der Waals surface area contributed by atoms with Gasteiger partial charge < -0.3 is 10.1 Å². The molecule has 0 unspecified atom stereocenters. The van der Waals surface area contributed by atoms with Crippen LogP contribution in [0.25, 0.3) is 0 Å². The summed E-state index contributed by atoms with van der Waals surface area (Å²) in [4.78, 5) is 15.9. The summed E-state index contributed by atoms with van der Waals surface area (Å²) in [5.41, 5.74) is 0.808. The molecular formula is C18H21BrN2O2S. The molecule has 1 aromatic carbocycles. The summed E-state index contributed by atoms with van der Waals surface area (Å²) in [7, 11) is 0. The Balaban J connectivity index is 1.60. The molecule has 1 fully saturated rings. The van der Waals surface area contributed by atoms with Crippen LogP contribution in [0, 0.1) is 0 Å². The fourth-order valence-electron chi connectivity index (χ4n) is 2.85. The van der Waals surface area contributed by atoms with Crippen molar-refractivity contribution in [3.05, 3.63) is 51.1 Å². The number of carbonyl (C=O) groups excluding carboxylic acids is 1. The highest BCUT2D eigenvalue weighted by Gasteiger charge is 2.21. The van der Waals surface area contributed by atoms with E-state index in [0.717, 1.165) is 42.7 Å². The Bertz CT molecular complexity index is 657. The van der Waals surface area contributed by atoms with E-state index in [2.05, 4.69) is 37.6 Å². The van der Waals surface area contributed by atoms with E-state index in [4.69, 9.17) is 4.74 Å². The largest absolute Gasteiger partial charge is 0.377 e. The molecule has 0 spiro atoms. The molecule has 1 atom stereocenters. The highest BCUT2D eigenvalue weighted by atomic mass is 79.9. The Labute approximate surface area is 154 Å². The van der Waals surface area contributed by atoms with E-state index in [9.17, 15) is 4.79 Å². The lowest BCUT2D eigenvalue weighted by Crippen LogP contribution is -2.37. The van der Waals surface area contributed by atoms with Crippen molar-refractivity contribution >= 4 is 38.9 Å². The number of carbonyl (C=O) groups is 1. The van der Waals surface area contributed by atoms with Gasteiger partial charge in [0, 0.05) is 34.7 Å². The van der Waals surface area contributed by atoms with E-state index in [-0.39, 0.29) is 12.0 Å². The van der Waals surface area contributed by atoms with Crippen LogP contribution in [-0.2, 0) is 16.1 Å². The van der Waals surface area contributed by atoms with Crippen molar-refractivity contribution in [1.29, 1.82) is 0 Å². The van der Waals surface area contributed by atoms with Gasteiger partial charge in [0.1, 0.15) is 0 Å². The third kappa shape index (κ3) is 5.41. The highest BCUT2D eigenvalue weighted by Crippen LogP contribution is 2.18. The number of halogens is 1. The number of amides is 1. The number of benzene rings is 1. The van der Waals surface area contributed by atoms with Gasteiger partial charge in [0.25, 0.3) is 0 Å². The van der Waals surface area contributed by atoms with Crippen molar-refractivity contribution in [2.75, 3.05) is 25.0 Å². The number of hydrogen-bond donors (Lipinski definition) is 1. The number of rotatable bonds is 7. The normalized spacial score (nSPS) is 17.3. The van der Waals surface area contributed by atoms with Crippen molar-refractivity contribution < 1.29 is 9.53 Å². The van der Waals surface area contributed by atoms with Crippen LogP contribution in [0.5, 0.6) is 0 Å². The number of thiophene rings is 1. The molecule has 0 aliphatic carbocycles. The molecule has 4 nitrogen and oxygen atoms in total. The second-order valence-corrected chi connectivity index (χ2v) is 7.89. The summed E-state index contributed by atoms with van der Waals surface area (Å²) < 4.78 is 6.70. The lowest BCUT2D eigenvalue weighted by atomic mass is 10.2. The zero-order chi connectivity index (χ0) is 16.8. The maximum absolute atomic E-state index is 12.4. The van der Waals surface area contributed by atoms with Gasteiger partial charge in [-0.15, -0.1) is 11.3 Å². The number of nitrogens with one attached hydrogen (secondary N) is 1. The van der Waals surface area contributed by atoms with Crippen LogP contribution in [0.2, 0.25) is 0 Å². The van der Waals surface area contributed by atoms with Gasteiger partial charge in [-0.1, -0.05) is 28.1 Å². The molecule has 128 valence electrons. The summed E-state index contributed by atoms with van der Waals surface area (Å²) in [5.74, 6) is 0.00246. The Kier molecular flexibility index (Phi) is 6.43. The maximum atomic E-state index is 12.4. The van der Waals surface area contributed by atoms with Crippen LogP contribution < -0.4 is 5.32 Å². The van der Waals surface area contributed by atoms with Crippen molar-refractivity contribution in [1.82, 2.24) is 4.90 Å². The van der Waals surface area contributed by atoms with Gasteiger partial charge in [0.05, 0.1) is 12.6 Å². The standard InChI is InChI=1S/C18H21BrN2O2S/c19-14-4-1-5-15(10-14)20-18(22)13-21(11-16-6-2-8-23-16)12-17-7-3-9-24-17/h1,3-5,7,9-10,16H,2,6,8,11-13H2,(H,20,22)/t16-/m0/s1. The minimum Gasteiger partial charge on any atom is -0.377 e. The Morgan fingerprint density at radius 1 is 1.38 bits per heavy atom. The molecule has 1 N–H and O–H groups in total. The van der Waals surface area contributed by atoms with Crippen LogP contribution >= 0.6 is 27.3 Å². The Hall–Kier alpha value is -1.21. The SMILES string of the molecule is O=C(CN(Cc1cccs1)C[C@@H]1CCCO1)Nc1cccc(Br)c1. The lowest BCUT2D eigenvalue weighted by molar-refractivity contribution is -0.117. The Morgan fingerprint density at radius 2 is 2.29 bits per heavy atom. The van der Waals surface area contributed by atoms with Gasteiger partial charge in [0.15, 0.2) is 0 Å². The second kappa shape index (κ2) is 8.76. The minimum absolute atomic E-state index is 0.00246. The molecular weight excluding hydrogens is 388 g/mol. The highest BCUT2D eigenvalue weighted by molar-refractivity contribution is 9.10. The van der Waals surface area contributed by atoms with Crippen molar-refractivity contribution in [3.8, 4) is 0 Å². The fourth-order valence-corrected chi connectivity index (χ4v) is 4.00. The number of anilines is 1. The molecule has 1 aliphatic heterocycles. The van der Waals surface area contributed by atoms with E-state index >= 15 is 0 Å². The van der Waals surface area contributed by atoms with Crippen LogP contribution in [0.1, 0.15) is 17.7 Å². The number of ether oxygens (including phenoxy) is 1. The molecule has 0 saturated carbocycles. The molecule has 1 amide bonds. The first kappa shape index (κ1) is 17.6. The molecule has 1 aliphatic rings. The quantitative estimate of drug-likeness (QED) is 0.748. The van der Waals surface area contributed by atoms with Gasteiger partial charge in [-0.3, -0.25) is 9.69 Å². The molecule has 1 aromatic heterocycles. The van der Waals surface area contributed by atoms with E-state index in [1.165, 1.54) is 4.88 Å². The van der Waals surface area contributed by atoms with Gasteiger partial charge in [-0.25, -0.2) is 0 Å². The van der Waals surface area contributed by atoms with Gasteiger partial charge in [-0.2, -0.15) is 0 Å². The monoisotopic (exact) mass is 408 g/mol. The summed E-state index contributed by atoms with van der Waals surface area (Å²) in [6.45, 7) is 2.78.